The lowest BCUT2D eigenvalue weighted by Crippen LogP contribution is -2.08. The van der Waals surface area contributed by atoms with Crippen molar-refractivity contribution in [3.63, 3.8) is 0 Å². The molecule has 0 saturated heterocycles. The summed E-state index contributed by atoms with van der Waals surface area (Å²) in [6.45, 7) is 1.77. The minimum Gasteiger partial charge on any atom is -0.490 e. The lowest BCUT2D eigenvalue weighted by molar-refractivity contribution is -0.141. The van der Waals surface area contributed by atoms with E-state index in [0.717, 1.165) is 0 Å². The second-order valence-electron chi connectivity index (χ2n) is 3.06. The summed E-state index contributed by atoms with van der Waals surface area (Å²) in [6.07, 6.45) is 0.115. The Labute approximate surface area is 87.8 Å². The number of aryl methyl sites for hydroxylation is 1. The van der Waals surface area contributed by atoms with E-state index in [2.05, 4.69) is 4.74 Å². The maximum atomic E-state index is 13.4. The van der Waals surface area contributed by atoms with Crippen LogP contribution in [0.4, 0.5) is 4.39 Å². The first-order chi connectivity index (χ1) is 7.15. The third kappa shape index (κ3) is 3.23. The van der Waals surface area contributed by atoms with Gasteiger partial charge in [0.15, 0.2) is 11.6 Å². The van der Waals surface area contributed by atoms with Crippen LogP contribution in [0.1, 0.15) is 12.0 Å². The number of carbonyl (C=O) groups excluding carboxylic acids is 1. The van der Waals surface area contributed by atoms with Crippen LogP contribution in [0.15, 0.2) is 18.2 Å². The van der Waals surface area contributed by atoms with Gasteiger partial charge in [-0.05, 0) is 18.6 Å². The highest BCUT2D eigenvalue weighted by atomic mass is 19.1. The Morgan fingerprint density at radius 1 is 1.47 bits per heavy atom. The molecule has 3 nitrogen and oxygen atoms in total. The Hall–Kier alpha value is -1.58. The topological polar surface area (TPSA) is 35.5 Å². The standard InChI is InChI=1S/C11H13FO3/c1-8-4-3-5-9(11(8)12)15-7-6-10(13)14-2/h3-5H,6-7H2,1-2H3. The van der Waals surface area contributed by atoms with Crippen LogP contribution in [0, 0.1) is 12.7 Å². The predicted octanol–water partition coefficient (Wildman–Crippen LogP) is 2.08. The first-order valence-electron chi connectivity index (χ1n) is 4.60. The Morgan fingerprint density at radius 2 is 2.20 bits per heavy atom. The van der Waals surface area contributed by atoms with E-state index in [0.29, 0.717) is 5.56 Å². The van der Waals surface area contributed by atoms with Crippen molar-refractivity contribution in [3.05, 3.63) is 29.6 Å². The number of esters is 1. The molecular formula is C11H13FO3. The third-order valence-electron chi connectivity index (χ3n) is 1.95. The van der Waals surface area contributed by atoms with Crippen molar-refractivity contribution in [2.75, 3.05) is 13.7 Å². The van der Waals surface area contributed by atoms with E-state index >= 15 is 0 Å². The maximum Gasteiger partial charge on any atom is 0.308 e. The third-order valence-corrected chi connectivity index (χ3v) is 1.95. The molecule has 15 heavy (non-hydrogen) atoms. The van der Waals surface area contributed by atoms with Crippen molar-refractivity contribution in [2.24, 2.45) is 0 Å². The summed E-state index contributed by atoms with van der Waals surface area (Å²) >= 11 is 0. The van der Waals surface area contributed by atoms with Gasteiger partial charge in [-0.15, -0.1) is 0 Å². The molecule has 0 atom stereocenters. The summed E-state index contributed by atoms with van der Waals surface area (Å²) < 4.78 is 22.9. The number of rotatable bonds is 4. The molecule has 0 N–H and O–H groups in total. The van der Waals surface area contributed by atoms with Gasteiger partial charge >= 0.3 is 5.97 Å². The lowest BCUT2D eigenvalue weighted by Gasteiger charge is -2.07. The quantitative estimate of drug-likeness (QED) is 0.717. The minimum atomic E-state index is -0.387. The largest absolute Gasteiger partial charge is 0.490 e. The number of methoxy groups -OCH3 is 1. The summed E-state index contributed by atoms with van der Waals surface area (Å²) in [5, 5.41) is 0. The number of carbonyl (C=O) groups is 1. The van der Waals surface area contributed by atoms with Crippen molar-refractivity contribution in [1.29, 1.82) is 0 Å². The van der Waals surface area contributed by atoms with E-state index in [-0.39, 0.29) is 30.6 Å². The van der Waals surface area contributed by atoms with Gasteiger partial charge in [0.25, 0.3) is 0 Å². The number of hydrogen-bond donors (Lipinski definition) is 0. The molecule has 0 fully saturated rings. The van der Waals surface area contributed by atoms with Crippen LogP contribution in [0.3, 0.4) is 0 Å². The summed E-state index contributed by atoms with van der Waals surface area (Å²) in [7, 11) is 1.30. The number of ether oxygens (including phenoxy) is 2. The van der Waals surface area contributed by atoms with E-state index in [4.69, 9.17) is 4.74 Å². The molecule has 1 aromatic rings. The van der Waals surface area contributed by atoms with Crippen LogP contribution >= 0.6 is 0 Å². The molecule has 1 rings (SSSR count). The smallest absolute Gasteiger partial charge is 0.308 e. The van der Waals surface area contributed by atoms with E-state index in [9.17, 15) is 9.18 Å². The molecule has 0 heterocycles. The van der Waals surface area contributed by atoms with Crippen molar-refractivity contribution in [1.82, 2.24) is 0 Å². The van der Waals surface area contributed by atoms with Crippen LogP contribution in [-0.2, 0) is 9.53 Å². The van der Waals surface area contributed by atoms with Crippen LogP contribution in [0.25, 0.3) is 0 Å². The summed E-state index contributed by atoms with van der Waals surface area (Å²) in [4.78, 5) is 10.8. The van der Waals surface area contributed by atoms with Gasteiger partial charge in [0.2, 0.25) is 0 Å². The molecule has 0 aromatic heterocycles. The molecule has 0 bridgehead atoms. The number of hydrogen-bond acceptors (Lipinski definition) is 3. The number of benzene rings is 1. The van der Waals surface area contributed by atoms with Gasteiger partial charge < -0.3 is 9.47 Å². The van der Waals surface area contributed by atoms with Crippen LogP contribution in [-0.4, -0.2) is 19.7 Å². The van der Waals surface area contributed by atoms with Gasteiger partial charge in [-0.1, -0.05) is 12.1 Å². The highest BCUT2D eigenvalue weighted by Crippen LogP contribution is 2.19. The first-order valence-corrected chi connectivity index (χ1v) is 4.60. The summed E-state index contributed by atoms with van der Waals surface area (Å²) in [6, 6.07) is 4.88. The zero-order chi connectivity index (χ0) is 11.3. The Balaban J connectivity index is 2.51. The fraction of sp³-hybridized carbons (Fsp3) is 0.364. The zero-order valence-electron chi connectivity index (χ0n) is 8.75. The van der Waals surface area contributed by atoms with Crippen molar-refractivity contribution >= 4 is 5.97 Å². The minimum absolute atomic E-state index is 0.115. The lowest BCUT2D eigenvalue weighted by atomic mass is 10.2. The highest BCUT2D eigenvalue weighted by Gasteiger charge is 2.06. The normalized spacial score (nSPS) is 9.80. The Bertz CT molecular complexity index is 350. The molecule has 0 saturated carbocycles. The summed E-state index contributed by atoms with van der Waals surface area (Å²) in [5.41, 5.74) is 0.519. The van der Waals surface area contributed by atoms with Gasteiger partial charge in [-0.3, -0.25) is 4.79 Å². The fourth-order valence-electron chi connectivity index (χ4n) is 1.08. The van der Waals surface area contributed by atoms with Crippen molar-refractivity contribution in [2.45, 2.75) is 13.3 Å². The van der Waals surface area contributed by atoms with E-state index in [1.54, 1.807) is 19.1 Å². The average Bonchev–Trinajstić information content (AvgIpc) is 2.24. The second kappa shape index (κ2) is 5.34. The first kappa shape index (κ1) is 11.5. The molecular weight excluding hydrogens is 199 g/mol. The Morgan fingerprint density at radius 3 is 2.87 bits per heavy atom. The van der Waals surface area contributed by atoms with Crippen molar-refractivity contribution in [3.8, 4) is 5.75 Å². The molecule has 0 aliphatic rings. The van der Waals surface area contributed by atoms with Gasteiger partial charge in [0.1, 0.15) is 0 Å². The van der Waals surface area contributed by atoms with Crippen molar-refractivity contribution < 1.29 is 18.7 Å². The summed E-state index contributed by atoms with van der Waals surface area (Å²) in [5.74, 6) is -0.593. The molecule has 0 aliphatic heterocycles. The molecule has 4 heteroatoms. The van der Waals surface area contributed by atoms with Gasteiger partial charge in [-0.25, -0.2) is 4.39 Å². The Kier molecular flexibility index (Phi) is 4.09. The van der Waals surface area contributed by atoms with Gasteiger partial charge in [-0.2, -0.15) is 0 Å². The molecule has 0 unspecified atom stereocenters. The molecule has 0 amide bonds. The molecule has 0 radical (unpaired) electrons. The van der Waals surface area contributed by atoms with E-state index < -0.39 is 0 Å². The predicted molar refractivity (Wildman–Crippen MR) is 53.3 cm³/mol. The maximum absolute atomic E-state index is 13.4. The zero-order valence-corrected chi connectivity index (χ0v) is 8.75. The van der Waals surface area contributed by atoms with Gasteiger partial charge in [0, 0.05) is 0 Å². The van der Waals surface area contributed by atoms with Crippen LogP contribution < -0.4 is 4.74 Å². The fourth-order valence-corrected chi connectivity index (χ4v) is 1.08. The van der Waals surface area contributed by atoms with Gasteiger partial charge in [0.05, 0.1) is 20.1 Å². The monoisotopic (exact) mass is 212 g/mol. The molecule has 0 aliphatic carbocycles. The number of halogens is 1. The van der Waals surface area contributed by atoms with E-state index in [1.165, 1.54) is 13.2 Å². The van der Waals surface area contributed by atoms with E-state index in [1.807, 2.05) is 0 Å². The molecule has 82 valence electrons. The van der Waals surface area contributed by atoms with Crippen LogP contribution in [0.2, 0.25) is 0 Å². The molecule has 1 aromatic carbocycles. The average molecular weight is 212 g/mol. The van der Waals surface area contributed by atoms with Crippen LogP contribution in [0.5, 0.6) is 5.75 Å². The molecule has 0 spiro atoms. The SMILES string of the molecule is COC(=O)CCOc1cccc(C)c1F. The highest BCUT2D eigenvalue weighted by molar-refractivity contribution is 5.69. The second-order valence-corrected chi connectivity index (χ2v) is 3.06.